The molecule has 1 amide bonds. The minimum absolute atomic E-state index is 0.0500. The van der Waals surface area contributed by atoms with Gasteiger partial charge in [0.1, 0.15) is 12.4 Å². The SMILES string of the molecule is CCc1ccc(OCc2c(C(F)F)cccc2N(O)C(=O)OC)c(Cl)c1. The van der Waals surface area contributed by atoms with Crippen molar-refractivity contribution in [3.8, 4) is 5.75 Å². The highest BCUT2D eigenvalue weighted by Crippen LogP contribution is 2.33. The van der Waals surface area contributed by atoms with Gasteiger partial charge in [0.25, 0.3) is 6.43 Å². The first-order valence-electron chi connectivity index (χ1n) is 7.77. The number of benzene rings is 2. The van der Waals surface area contributed by atoms with Crippen molar-refractivity contribution in [1.29, 1.82) is 0 Å². The number of halogens is 3. The van der Waals surface area contributed by atoms with Crippen LogP contribution in [-0.2, 0) is 17.8 Å². The number of carbonyl (C=O) groups excluding carboxylic acids is 1. The summed E-state index contributed by atoms with van der Waals surface area (Å²) in [5, 5.41) is 10.4. The Hall–Kier alpha value is -2.38. The zero-order chi connectivity index (χ0) is 19.3. The highest BCUT2D eigenvalue weighted by molar-refractivity contribution is 6.32. The van der Waals surface area contributed by atoms with Gasteiger partial charge in [0.05, 0.1) is 17.8 Å². The van der Waals surface area contributed by atoms with E-state index in [0.717, 1.165) is 19.1 Å². The summed E-state index contributed by atoms with van der Waals surface area (Å²) in [6, 6.07) is 8.99. The van der Waals surface area contributed by atoms with Crippen LogP contribution in [0.25, 0.3) is 0 Å². The third kappa shape index (κ3) is 4.42. The molecule has 2 aromatic carbocycles. The van der Waals surface area contributed by atoms with Crippen LogP contribution in [0.15, 0.2) is 36.4 Å². The number of methoxy groups -OCH3 is 1. The van der Waals surface area contributed by atoms with Gasteiger partial charge < -0.3 is 9.47 Å². The number of aryl methyl sites for hydroxylation is 1. The van der Waals surface area contributed by atoms with Crippen LogP contribution < -0.4 is 9.80 Å². The normalized spacial score (nSPS) is 10.7. The molecule has 0 heterocycles. The number of hydrogen-bond donors (Lipinski definition) is 1. The van der Waals surface area contributed by atoms with Crippen molar-refractivity contribution in [2.24, 2.45) is 0 Å². The number of amides is 1. The van der Waals surface area contributed by atoms with Gasteiger partial charge in [-0.05, 0) is 30.2 Å². The van der Waals surface area contributed by atoms with Crippen molar-refractivity contribution in [2.45, 2.75) is 26.4 Å². The van der Waals surface area contributed by atoms with Crippen molar-refractivity contribution in [3.05, 3.63) is 58.1 Å². The molecule has 0 aliphatic heterocycles. The minimum atomic E-state index is -2.82. The maximum absolute atomic E-state index is 13.4. The smallest absolute Gasteiger partial charge is 0.438 e. The van der Waals surface area contributed by atoms with E-state index in [4.69, 9.17) is 16.3 Å². The zero-order valence-corrected chi connectivity index (χ0v) is 15.0. The molecule has 0 fully saturated rings. The van der Waals surface area contributed by atoms with Crippen LogP contribution in [0.4, 0.5) is 19.3 Å². The van der Waals surface area contributed by atoms with E-state index in [2.05, 4.69) is 4.74 Å². The highest BCUT2D eigenvalue weighted by atomic mass is 35.5. The molecular weight excluding hydrogens is 368 g/mol. The fraction of sp³-hybridized carbons (Fsp3) is 0.278. The predicted molar refractivity (Wildman–Crippen MR) is 93.2 cm³/mol. The zero-order valence-electron chi connectivity index (χ0n) is 14.2. The van der Waals surface area contributed by atoms with Gasteiger partial charge in [-0.1, -0.05) is 36.7 Å². The van der Waals surface area contributed by atoms with Crippen molar-refractivity contribution in [3.63, 3.8) is 0 Å². The topological polar surface area (TPSA) is 59.0 Å². The van der Waals surface area contributed by atoms with Gasteiger partial charge in [0.15, 0.2) is 0 Å². The minimum Gasteiger partial charge on any atom is -0.487 e. The van der Waals surface area contributed by atoms with E-state index in [1.54, 1.807) is 12.1 Å². The van der Waals surface area contributed by atoms with Crippen LogP contribution in [0, 0.1) is 0 Å². The standard InChI is InChI=1S/C18H18ClF2NO4/c1-3-11-7-8-16(14(19)9-11)26-10-13-12(17(20)21)5-4-6-15(13)22(24)18(23)25-2/h4-9,17,24H,3,10H2,1-2H3. The van der Waals surface area contributed by atoms with Crippen LogP contribution in [0.1, 0.15) is 30.0 Å². The average Bonchev–Trinajstić information content (AvgIpc) is 2.65. The largest absolute Gasteiger partial charge is 0.487 e. The fourth-order valence-corrected chi connectivity index (χ4v) is 2.63. The molecular formula is C18H18ClF2NO4. The van der Waals surface area contributed by atoms with E-state index in [1.165, 1.54) is 18.2 Å². The van der Waals surface area contributed by atoms with Crippen LogP contribution in [0.3, 0.4) is 0 Å². The lowest BCUT2D eigenvalue weighted by atomic mass is 10.1. The molecule has 5 nitrogen and oxygen atoms in total. The molecule has 0 saturated carbocycles. The van der Waals surface area contributed by atoms with Crippen LogP contribution >= 0.6 is 11.6 Å². The quantitative estimate of drug-likeness (QED) is 0.535. The first kappa shape index (κ1) is 19.9. The molecule has 1 N–H and O–H groups in total. The Balaban J connectivity index is 2.36. The number of hydroxylamine groups is 1. The number of carbonyl (C=O) groups is 1. The third-order valence-corrected chi connectivity index (χ3v) is 4.07. The summed E-state index contributed by atoms with van der Waals surface area (Å²) in [5.74, 6) is 0.307. The molecule has 0 bridgehead atoms. The second kappa shape index (κ2) is 8.82. The van der Waals surface area contributed by atoms with Gasteiger partial charge in [-0.25, -0.2) is 13.6 Å². The van der Waals surface area contributed by atoms with Crippen LogP contribution in [-0.4, -0.2) is 18.4 Å². The summed E-state index contributed by atoms with van der Waals surface area (Å²) in [4.78, 5) is 11.5. The molecule has 0 aliphatic rings. The number of anilines is 1. The number of nitrogens with zero attached hydrogens (tertiary/aromatic N) is 1. The van der Waals surface area contributed by atoms with Gasteiger partial charge in [-0.2, -0.15) is 5.06 Å². The maximum Gasteiger partial charge on any atom is 0.438 e. The molecule has 0 saturated heterocycles. The molecule has 0 aromatic heterocycles. The Morgan fingerprint density at radius 2 is 2.04 bits per heavy atom. The second-order valence-corrected chi connectivity index (χ2v) is 5.74. The summed E-state index contributed by atoms with van der Waals surface area (Å²) in [6.45, 7) is 1.65. The molecule has 26 heavy (non-hydrogen) atoms. The fourth-order valence-electron chi connectivity index (χ4n) is 2.37. The summed E-state index contributed by atoms with van der Waals surface area (Å²) < 4.78 is 36.7. The van der Waals surface area contributed by atoms with E-state index >= 15 is 0 Å². The molecule has 2 rings (SSSR count). The Morgan fingerprint density at radius 1 is 1.31 bits per heavy atom. The second-order valence-electron chi connectivity index (χ2n) is 5.33. The molecule has 0 spiro atoms. The van der Waals surface area contributed by atoms with Gasteiger partial charge in [-0.3, -0.25) is 5.21 Å². The van der Waals surface area contributed by atoms with Gasteiger partial charge in [0.2, 0.25) is 0 Å². The molecule has 0 aliphatic carbocycles. The van der Waals surface area contributed by atoms with Crippen molar-refractivity contribution in [1.82, 2.24) is 0 Å². The Kier molecular flexibility index (Phi) is 6.76. The van der Waals surface area contributed by atoms with E-state index < -0.39 is 12.5 Å². The number of rotatable bonds is 6. The van der Waals surface area contributed by atoms with E-state index in [1.807, 2.05) is 13.0 Å². The molecule has 0 radical (unpaired) electrons. The van der Waals surface area contributed by atoms with Gasteiger partial charge in [-0.15, -0.1) is 0 Å². The summed E-state index contributed by atoms with van der Waals surface area (Å²) in [6.07, 6.45) is -3.14. The van der Waals surface area contributed by atoms with E-state index in [9.17, 15) is 18.8 Å². The van der Waals surface area contributed by atoms with E-state index in [0.29, 0.717) is 10.8 Å². The monoisotopic (exact) mass is 385 g/mol. The number of alkyl halides is 2. The molecule has 8 heteroatoms. The maximum atomic E-state index is 13.4. The Morgan fingerprint density at radius 3 is 2.62 bits per heavy atom. The Bertz CT molecular complexity index is 786. The highest BCUT2D eigenvalue weighted by Gasteiger charge is 2.23. The number of hydrogen-bond acceptors (Lipinski definition) is 4. The number of ether oxygens (including phenoxy) is 2. The Labute approximate surface area is 154 Å². The van der Waals surface area contributed by atoms with Crippen LogP contribution in [0.5, 0.6) is 5.75 Å². The van der Waals surface area contributed by atoms with E-state index in [-0.39, 0.29) is 28.5 Å². The van der Waals surface area contributed by atoms with Crippen LogP contribution in [0.2, 0.25) is 5.02 Å². The lowest BCUT2D eigenvalue weighted by Crippen LogP contribution is -2.28. The molecule has 2 aromatic rings. The molecule has 140 valence electrons. The first-order valence-corrected chi connectivity index (χ1v) is 8.14. The third-order valence-electron chi connectivity index (χ3n) is 3.77. The lowest BCUT2D eigenvalue weighted by molar-refractivity contribution is 0.138. The van der Waals surface area contributed by atoms with Crippen molar-refractivity contribution < 1.29 is 28.3 Å². The predicted octanol–water partition coefficient (Wildman–Crippen LogP) is 5.38. The van der Waals surface area contributed by atoms with Gasteiger partial charge >= 0.3 is 6.09 Å². The van der Waals surface area contributed by atoms with Crippen molar-refractivity contribution in [2.75, 3.05) is 12.2 Å². The van der Waals surface area contributed by atoms with Gasteiger partial charge in [0, 0.05) is 11.1 Å². The molecule has 0 unspecified atom stereocenters. The first-order chi connectivity index (χ1) is 12.4. The molecule has 0 atom stereocenters. The summed E-state index contributed by atoms with van der Waals surface area (Å²) >= 11 is 6.14. The lowest BCUT2D eigenvalue weighted by Gasteiger charge is -2.20. The average molecular weight is 386 g/mol. The van der Waals surface area contributed by atoms with Crippen molar-refractivity contribution >= 4 is 23.4 Å². The summed E-state index contributed by atoms with van der Waals surface area (Å²) in [7, 11) is 1.06. The summed E-state index contributed by atoms with van der Waals surface area (Å²) in [5.41, 5.74) is 0.428.